The minimum absolute atomic E-state index is 0.141. The molecule has 4 aromatic rings. The summed E-state index contributed by atoms with van der Waals surface area (Å²) in [6.07, 6.45) is 7.84. The highest BCUT2D eigenvalue weighted by atomic mass is 16.5. The van der Waals surface area contributed by atoms with Gasteiger partial charge in [0, 0.05) is 56.4 Å². The molecule has 0 bridgehead atoms. The molecule has 1 aliphatic carbocycles. The van der Waals surface area contributed by atoms with Gasteiger partial charge in [0.25, 0.3) is 0 Å². The van der Waals surface area contributed by atoms with Gasteiger partial charge in [0.05, 0.1) is 25.1 Å². The Morgan fingerprint density at radius 2 is 1.82 bits per heavy atom. The van der Waals surface area contributed by atoms with E-state index in [4.69, 9.17) is 14.7 Å². The summed E-state index contributed by atoms with van der Waals surface area (Å²) in [6.45, 7) is 5.60. The highest BCUT2D eigenvalue weighted by molar-refractivity contribution is 5.86. The van der Waals surface area contributed by atoms with Crippen molar-refractivity contribution in [3.8, 4) is 17.2 Å². The molecule has 9 nitrogen and oxygen atoms in total. The maximum Gasteiger partial charge on any atom is 0.225 e. The molecule has 40 heavy (non-hydrogen) atoms. The van der Waals surface area contributed by atoms with Gasteiger partial charge in [-0.05, 0) is 48.6 Å². The Kier molecular flexibility index (Phi) is 6.91. The van der Waals surface area contributed by atoms with Crippen molar-refractivity contribution in [3.63, 3.8) is 0 Å². The predicted octanol–water partition coefficient (Wildman–Crippen LogP) is 4.13. The number of morpholine rings is 1. The van der Waals surface area contributed by atoms with E-state index in [9.17, 15) is 4.79 Å². The van der Waals surface area contributed by atoms with Crippen LogP contribution in [-0.4, -0.2) is 80.7 Å². The molecule has 3 fully saturated rings. The molecule has 3 aliphatic rings. The molecule has 2 aromatic carbocycles. The number of piperidine rings is 1. The number of rotatable bonds is 7. The first kappa shape index (κ1) is 25.2. The number of hydrogen-bond donors (Lipinski definition) is 1. The molecule has 2 aromatic heterocycles. The number of imidazole rings is 1. The van der Waals surface area contributed by atoms with Gasteiger partial charge in [0.1, 0.15) is 11.6 Å². The third-order valence-electron chi connectivity index (χ3n) is 8.19. The van der Waals surface area contributed by atoms with Crippen LogP contribution in [-0.2, 0) is 16.1 Å². The Bertz CT molecular complexity index is 1510. The van der Waals surface area contributed by atoms with Crippen molar-refractivity contribution in [3.05, 3.63) is 66.6 Å². The topological polar surface area (TPSA) is 88.4 Å². The molecule has 1 amide bonds. The lowest BCUT2D eigenvalue weighted by Gasteiger charge is -2.33. The Balaban J connectivity index is 1.20. The average Bonchev–Trinajstić information content (AvgIpc) is 3.77. The zero-order chi connectivity index (χ0) is 26.9. The van der Waals surface area contributed by atoms with Gasteiger partial charge >= 0.3 is 0 Å². The van der Waals surface area contributed by atoms with Crippen LogP contribution in [0.1, 0.15) is 31.4 Å². The molecular formula is C31H35N7O2. The summed E-state index contributed by atoms with van der Waals surface area (Å²) in [7, 11) is 0. The van der Waals surface area contributed by atoms with Crippen molar-refractivity contribution in [2.75, 3.05) is 44.7 Å². The second-order valence-corrected chi connectivity index (χ2v) is 11.1. The lowest BCUT2D eigenvalue weighted by atomic mass is 10.1. The fourth-order valence-corrected chi connectivity index (χ4v) is 5.88. The van der Waals surface area contributed by atoms with Crippen molar-refractivity contribution in [1.29, 1.82) is 0 Å². The zero-order valence-electron chi connectivity index (χ0n) is 22.7. The fraction of sp³-hybridized carbons (Fsp3) is 0.419. The van der Waals surface area contributed by atoms with Gasteiger partial charge < -0.3 is 15.0 Å². The van der Waals surface area contributed by atoms with Crippen LogP contribution in [0.2, 0.25) is 0 Å². The van der Waals surface area contributed by atoms with Gasteiger partial charge in [0.2, 0.25) is 11.9 Å². The van der Waals surface area contributed by atoms with E-state index >= 15 is 0 Å². The van der Waals surface area contributed by atoms with Crippen LogP contribution in [0.3, 0.4) is 0 Å². The molecule has 2 saturated heterocycles. The van der Waals surface area contributed by atoms with Gasteiger partial charge in [-0.25, -0.2) is 9.97 Å². The van der Waals surface area contributed by atoms with Crippen molar-refractivity contribution >= 4 is 22.6 Å². The summed E-state index contributed by atoms with van der Waals surface area (Å²) in [6, 6.07) is 17.0. The lowest BCUT2D eigenvalue weighted by Crippen LogP contribution is -2.45. The SMILES string of the molecule is O=C(C1CC1)N1CCC[C@H](Nc2nccc(-n3c(CN4CCOCC4)cnc3-c3ccc4ccccc4c3)n2)C1. The van der Waals surface area contributed by atoms with Gasteiger partial charge in [0.15, 0.2) is 0 Å². The van der Waals surface area contributed by atoms with Crippen LogP contribution < -0.4 is 5.32 Å². The van der Waals surface area contributed by atoms with E-state index in [-0.39, 0.29) is 12.0 Å². The fourth-order valence-electron chi connectivity index (χ4n) is 5.88. The number of nitrogens with zero attached hydrogens (tertiary/aromatic N) is 6. The number of amides is 1. The highest BCUT2D eigenvalue weighted by Crippen LogP contribution is 2.32. The van der Waals surface area contributed by atoms with Crippen molar-refractivity contribution in [1.82, 2.24) is 29.3 Å². The number of aromatic nitrogens is 4. The van der Waals surface area contributed by atoms with Gasteiger partial charge in [-0.15, -0.1) is 0 Å². The lowest BCUT2D eigenvalue weighted by molar-refractivity contribution is -0.133. The first-order valence-corrected chi connectivity index (χ1v) is 14.5. The first-order valence-electron chi connectivity index (χ1n) is 14.5. The van der Waals surface area contributed by atoms with Gasteiger partial charge in [-0.1, -0.05) is 36.4 Å². The molecule has 0 radical (unpaired) electrons. The van der Waals surface area contributed by atoms with Crippen LogP contribution >= 0.6 is 0 Å². The van der Waals surface area contributed by atoms with Crippen molar-refractivity contribution in [2.45, 2.75) is 38.3 Å². The van der Waals surface area contributed by atoms with Gasteiger partial charge in [-0.3, -0.25) is 14.3 Å². The Morgan fingerprint density at radius 1 is 0.975 bits per heavy atom. The van der Waals surface area contributed by atoms with E-state index in [0.29, 0.717) is 18.4 Å². The van der Waals surface area contributed by atoms with E-state index < -0.39 is 0 Å². The zero-order valence-corrected chi connectivity index (χ0v) is 22.7. The first-order chi connectivity index (χ1) is 19.7. The molecule has 2 aliphatic heterocycles. The maximum absolute atomic E-state index is 12.7. The summed E-state index contributed by atoms with van der Waals surface area (Å²) >= 11 is 0. The highest BCUT2D eigenvalue weighted by Gasteiger charge is 2.35. The second kappa shape index (κ2) is 11.0. The van der Waals surface area contributed by atoms with Crippen molar-refractivity contribution < 1.29 is 9.53 Å². The number of ether oxygens (including phenoxy) is 1. The quantitative estimate of drug-likeness (QED) is 0.379. The monoisotopic (exact) mass is 537 g/mol. The standard InChI is InChI=1S/C31H35N7O2/c39-30(23-8-9-23)37-13-3-6-26(20-37)34-31-32-12-11-28(35-31)38-27(21-36-14-16-40-17-15-36)19-33-29(38)25-10-7-22-4-1-2-5-24(22)18-25/h1-2,4-5,7,10-12,18-19,23,26H,3,6,8-9,13-17,20-21H2,(H,32,34,35)/t26-/m0/s1. The Hall–Kier alpha value is -3.82. The van der Waals surface area contributed by atoms with Crippen LogP contribution in [0.15, 0.2) is 60.9 Å². The molecule has 1 saturated carbocycles. The minimum Gasteiger partial charge on any atom is -0.379 e. The average molecular weight is 538 g/mol. The minimum atomic E-state index is 0.141. The number of hydrogen-bond acceptors (Lipinski definition) is 7. The largest absolute Gasteiger partial charge is 0.379 e. The molecule has 0 unspecified atom stereocenters. The molecule has 0 spiro atoms. The molecular weight excluding hydrogens is 502 g/mol. The van der Waals surface area contributed by atoms with Crippen LogP contribution in [0.4, 0.5) is 5.95 Å². The Morgan fingerprint density at radius 3 is 2.67 bits per heavy atom. The van der Waals surface area contributed by atoms with E-state index in [2.05, 4.69) is 62.2 Å². The number of carbonyl (C=O) groups excluding carboxylic acids is 1. The van der Waals surface area contributed by atoms with E-state index in [0.717, 1.165) is 88.0 Å². The summed E-state index contributed by atoms with van der Waals surface area (Å²) in [4.78, 5) is 31.5. The number of nitrogens with one attached hydrogen (secondary N) is 1. The van der Waals surface area contributed by atoms with Gasteiger partial charge in [-0.2, -0.15) is 4.98 Å². The summed E-state index contributed by atoms with van der Waals surface area (Å²) in [5.41, 5.74) is 2.12. The number of likely N-dealkylation sites (tertiary alicyclic amines) is 1. The molecule has 1 atom stereocenters. The second-order valence-electron chi connectivity index (χ2n) is 11.1. The Labute approximate surface area is 234 Å². The van der Waals surface area contributed by atoms with E-state index in [1.807, 2.05) is 23.4 Å². The maximum atomic E-state index is 12.7. The van der Waals surface area contributed by atoms with E-state index in [1.165, 1.54) is 10.8 Å². The number of anilines is 1. The summed E-state index contributed by atoms with van der Waals surface area (Å²) < 4.78 is 7.74. The van der Waals surface area contributed by atoms with Crippen LogP contribution in [0, 0.1) is 5.92 Å². The van der Waals surface area contributed by atoms with E-state index in [1.54, 1.807) is 0 Å². The number of carbonyl (C=O) groups is 1. The number of benzene rings is 2. The van der Waals surface area contributed by atoms with Crippen LogP contribution in [0.25, 0.3) is 28.0 Å². The summed E-state index contributed by atoms with van der Waals surface area (Å²) in [5.74, 6) is 2.78. The smallest absolute Gasteiger partial charge is 0.225 e. The van der Waals surface area contributed by atoms with Crippen LogP contribution in [0.5, 0.6) is 0 Å². The molecule has 9 heteroatoms. The third-order valence-corrected chi connectivity index (χ3v) is 8.19. The van der Waals surface area contributed by atoms with Crippen molar-refractivity contribution in [2.24, 2.45) is 5.92 Å². The normalized spacial score (nSPS) is 20.1. The molecule has 4 heterocycles. The predicted molar refractivity (Wildman–Crippen MR) is 154 cm³/mol. The third kappa shape index (κ3) is 5.31. The molecule has 7 rings (SSSR count). The molecule has 206 valence electrons. The molecule has 1 N–H and O–H groups in total. The number of fused-ring (bicyclic) bond motifs is 1. The summed E-state index contributed by atoms with van der Waals surface area (Å²) in [5, 5.41) is 5.91.